The Morgan fingerprint density at radius 2 is 2.05 bits per heavy atom. The molecule has 2 aliphatic rings. The van der Waals surface area contributed by atoms with Crippen molar-refractivity contribution >= 4 is 5.91 Å². The number of hydrogen-bond donors (Lipinski definition) is 1. The van der Waals surface area contributed by atoms with E-state index in [1.165, 1.54) is 25.7 Å². The molecule has 2 bridgehead atoms. The van der Waals surface area contributed by atoms with Crippen molar-refractivity contribution in [1.82, 2.24) is 5.32 Å². The van der Waals surface area contributed by atoms with Crippen molar-refractivity contribution in [2.24, 2.45) is 17.8 Å². The average molecular weight is 287 g/mol. The van der Waals surface area contributed by atoms with Gasteiger partial charge in [-0.25, -0.2) is 0 Å². The highest BCUT2D eigenvalue weighted by Gasteiger charge is 2.39. The van der Waals surface area contributed by atoms with Crippen LogP contribution in [0.15, 0.2) is 24.3 Å². The zero-order valence-corrected chi connectivity index (χ0v) is 12.8. The zero-order chi connectivity index (χ0) is 14.7. The van der Waals surface area contributed by atoms with Crippen LogP contribution >= 0.6 is 0 Å². The molecule has 3 heteroatoms. The first kappa shape index (κ1) is 14.6. The number of amides is 1. The van der Waals surface area contributed by atoms with Gasteiger partial charge in [-0.15, -0.1) is 0 Å². The van der Waals surface area contributed by atoms with E-state index in [4.69, 9.17) is 4.74 Å². The van der Waals surface area contributed by atoms with Gasteiger partial charge in [0.15, 0.2) is 0 Å². The van der Waals surface area contributed by atoms with Crippen LogP contribution in [0.2, 0.25) is 0 Å². The number of methoxy groups -OCH3 is 1. The van der Waals surface area contributed by atoms with Gasteiger partial charge in [0.1, 0.15) is 0 Å². The molecule has 0 radical (unpaired) electrons. The topological polar surface area (TPSA) is 38.3 Å². The summed E-state index contributed by atoms with van der Waals surface area (Å²) in [6, 6.07) is 8.14. The third-order valence-electron chi connectivity index (χ3n) is 5.23. The Balaban J connectivity index is 1.49. The van der Waals surface area contributed by atoms with Crippen LogP contribution in [0.5, 0.6) is 0 Å². The van der Waals surface area contributed by atoms with Gasteiger partial charge in [0, 0.05) is 20.1 Å². The number of carbonyl (C=O) groups excluding carboxylic acids is 1. The highest BCUT2D eigenvalue weighted by atomic mass is 16.5. The number of benzene rings is 1. The molecule has 0 heterocycles. The molecule has 2 saturated carbocycles. The van der Waals surface area contributed by atoms with E-state index in [1.807, 2.05) is 12.1 Å². The van der Waals surface area contributed by atoms with Crippen molar-refractivity contribution in [3.63, 3.8) is 0 Å². The molecule has 1 aromatic rings. The Morgan fingerprint density at radius 1 is 1.24 bits per heavy atom. The van der Waals surface area contributed by atoms with Crippen LogP contribution in [0, 0.1) is 17.8 Å². The molecule has 2 aliphatic carbocycles. The van der Waals surface area contributed by atoms with Gasteiger partial charge < -0.3 is 10.1 Å². The second kappa shape index (κ2) is 6.61. The molecule has 21 heavy (non-hydrogen) atoms. The Morgan fingerprint density at radius 3 is 2.71 bits per heavy atom. The summed E-state index contributed by atoms with van der Waals surface area (Å²) in [5, 5.41) is 3.09. The summed E-state index contributed by atoms with van der Waals surface area (Å²) in [6.45, 7) is 1.21. The quantitative estimate of drug-likeness (QED) is 0.872. The van der Waals surface area contributed by atoms with Gasteiger partial charge in [-0.2, -0.15) is 0 Å². The van der Waals surface area contributed by atoms with Gasteiger partial charge in [0.05, 0.1) is 6.61 Å². The fourth-order valence-corrected chi connectivity index (χ4v) is 4.16. The van der Waals surface area contributed by atoms with E-state index in [0.717, 1.165) is 23.0 Å². The molecule has 0 unspecified atom stereocenters. The minimum atomic E-state index is 0.208. The predicted octanol–water partition coefficient (Wildman–Crippen LogP) is 3.28. The van der Waals surface area contributed by atoms with Crippen molar-refractivity contribution in [1.29, 1.82) is 0 Å². The molecular formula is C18H25NO2. The molecule has 3 rings (SSSR count). The third-order valence-corrected chi connectivity index (χ3v) is 5.23. The van der Waals surface area contributed by atoms with E-state index < -0.39 is 0 Å². The van der Waals surface area contributed by atoms with Crippen LogP contribution in [-0.4, -0.2) is 13.0 Å². The van der Waals surface area contributed by atoms with Crippen molar-refractivity contribution in [2.45, 2.75) is 45.3 Å². The maximum atomic E-state index is 12.2. The van der Waals surface area contributed by atoms with Crippen LogP contribution < -0.4 is 5.32 Å². The number of hydrogen-bond acceptors (Lipinski definition) is 2. The summed E-state index contributed by atoms with van der Waals surface area (Å²) < 4.78 is 5.20. The lowest BCUT2D eigenvalue weighted by Gasteiger charge is -2.21. The summed E-state index contributed by atoms with van der Waals surface area (Å²) in [6.07, 6.45) is 6.10. The van der Waals surface area contributed by atoms with Gasteiger partial charge in [0.2, 0.25) is 5.91 Å². The SMILES string of the molecule is COCc1ccccc1CNC(=O)C[C@@H]1C[C@@H]2CC[C@@H]1C2. The van der Waals surface area contributed by atoms with Crippen molar-refractivity contribution < 1.29 is 9.53 Å². The normalized spacial score (nSPS) is 27.0. The van der Waals surface area contributed by atoms with E-state index in [2.05, 4.69) is 17.4 Å². The van der Waals surface area contributed by atoms with E-state index >= 15 is 0 Å². The summed E-state index contributed by atoms with van der Waals surface area (Å²) >= 11 is 0. The Labute approximate surface area is 127 Å². The third kappa shape index (κ3) is 3.46. The molecule has 0 aliphatic heterocycles. The first-order valence-electron chi connectivity index (χ1n) is 8.08. The largest absolute Gasteiger partial charge is 0.380 e. The minimum absolute atomic E-state index is 0.208. The number of carbonyl (C=O) groups is 1. The molecule has 3 atom stereocenters. The standard InChI is InChI=1S/C18H25NO2/c1-21-12-16-5-3-2-4-15(16)11-19-18(20)10-17-9-13-6-7-14(17)8-13/h2-5,13-14,17H,6-12H2,1H3,(H,19,20)/t13-,14-,17+/m1/s1. The number of nitrogens with one attached hydrogen (secondary N) is 1. The fraction of sp³-hybridized carbons (Fsp3) is 0.611. The summed E-state index contributed by atoms with van der Waals surface area (Å²) in [5.41, 5.74) is 2.31. The highest BCUT2D eigenvalue weighted by molar-refractivity contribution is 5.76. The second-order valence-electron chi connectivity index (χ2n) is 6.62. The number of rotatable bonds is 6. The first-order valence-corrected chi connectivity index (χ1v) is 8.08. The highest BCUT2D eigenvalue weighted by Crippen LogP contribution is 2.49. The van der Waals surface area contributed by atoms with Gasteiger partial charge in [0.25, 0.3) is 0 Å². The maximum absolute atomic E-state index is 12.2. The lowest BCUT2D eigenvalue weighted by atomic mass is 9.86. The molecule has 3 nitrogen and oxygen atoms in total. The molecule has 0 aromatic heterocycles. The van der Waals surface area contributed by atoms with E-state index in [1.54, 1.807) is 7.11 Å². The van der Waals surface area contributed by atoms with Crippen LogP contribution in [0.4, 0.5) is 0 Å². The van der Waals surface area contributed by atoms with E-state index in [9.17, 15) is 4.79 Å². The van der Waals surface area contributed by atoms with E-state index in [0.29, 0.717) is 25.5 Å². The number of ether oxygens (including phenoxy) is 1. The smallest absolute Gasteiger partial charge is 0.220 e. The fourth-order valence-electron chi connectivity index (χ4n) is 4.16. The van der Waals surface area contributed by atoms with E-state index in [-0.39, 0.29) is 5.91 Å². The zero-order valence-electron chi connectivity index (χ0n) is 12.8. The molecule has 0 saturated heterocycles. The Kier molecular flexibility index (Phi) is 4.59. The second-order valence-corrected chi connectivity index (χ2v) is 6.62. The van der Waals surface area contributed by atoms with Crippen molar-refractivity contribution in [3.8, 4) is 0 Å². The minimum Gasteiger partial charge on any atom is -0.380 e. The van der Waals surface area contributed by atoms with Crippen LogP contribution in [0.1, 0.15) is 43.2 Å². The molecule has 1 aromatic carbocycles. The first-order chi connectivity index (χ1) is 10.3. The van der Waals surface area contributed by atoms with Crippen LogP contribution in [0.25, 0.3) is 0 Å². The molecule has 2 fully saturated rings. The summed E-state index contributed by atoms with van der Waals surface area (Å²) in [5.74, 6) is 2.58. The molecule has 114 valence electrons. The predicted molar refractivity (Wildman–Crippen MR) is 82.6 cm³/mol. The van der Waals surface area contributed by atoms with Crippen molar-refractivity contribution in [2.75, 3.05) is 7.11 Å². The molecule has 0 spiro atoms. The Bertz CT molecular complexity index is 500. The van der Waals surface area contributed by atoms with Crippen LogP contribution in [0.3, 0.4) is 0 Å². The summed E-state index contributed by atoms with van der Waals surface area (Å²) in [7, 11) is 1.70. The molecule has 1 N–H and O–H groups in total. The van der Waals surface area contributed by atoms with Gasteiger partial charge in [-0.1, -0.05) is 30.7 Å². The van der Waals surface area contributed by atoms with Crippen LogP contribution in [-0.2, 0) is 22.7 Å². The maximum Gasteiger partial charge on any atom is 0.220 e. The van der Waals surface area contributed by atoms with Gasteiger partial charge in [-0.3, -0.25) is 4.79 Å². The lowest BCUT2D eigenvalue weighted by molar-refractivity contribution is -0.122. The summed E-state index contributed by atoms with van der Waals surface area (Å²) in [4.78, 5) is 12.2. The van der Waals surface area contributed by atoms with Crippen molar-refractivity contribution in [3.05, 3.63) is 35.4 Å². The lowest BCUT2D eigenvalue weighted by Crippen LogP contribution is -2.27. The van der Waals surface area contributed by atoms with Gasteiger partial charge >= 0.3 is 0 Å². The monoisotopic (exact) mass is 287 g/mol. The molecular weight excluding hydrogens is 262 g/mol. The van der Waals surface area contributed by atoms with Gasteiger partial charge in [-0.05, 0) is 48.1 Å². The molecule has 1 amide bonds. The number of fused-ring (bicyclic) bond motifs is 2. The average Bonchev–Trinajstić information content (AvgIpc) is 3.09. The Hall–Kier alpha value is -1.35.